The smallest absolute Gasteiger partial charge is 0.193 e. The summed E-state index contributed by atoms with van der Waals surface area (Å²) in [6, 6.07) is 17.0. The van der Waals surface area contributed by atoms with E-state index in [0.717, 1.165) is 41.3 Å². The number of ether oxygens (including phenoxy) is 1. The summed E-state index contributed by atoms with van der Waals surface area (Å²) >= 11 is 0. The van der Waals surface area contributed by atoms with Crippen molar-refractivity contribution in [1.29, 1.82) is 5.41 Å². The number of benzene rings is 2. The average molecular weight is 536 g/mol. The molecule has 5 N–H and O–H groups in total. The Morgan fingerprint density at radius 1 is 1.03 bits per heavy atom. The number of anilines is 1. The number of nitrogens with zero attached hydrogens (tertiary/aromatic N) is 3. The first-order valence-electron chi connectivity index (χ1n) is 14.3. The molecule has 3 aromatic rings. The monoisotopic (exact) mass is 535 g/mol. The number of hydrogen-bond donors (Lipinski definition) is 2. The molecule has 0 amide bonds. The van der Waals surface area contributed by atoms with Crippen LogP contribution in [0, 0.1) is 5.41 Å². The second-order valence-corrected chi connectivity index (χ2v) is 10.9. The molecule has 0 atom stereocenters. The SMILES string of the molecule is COc1ccc(CCCCN2CCN(C3CCCCC3)CC2)cc1N(Cc1cc2ccccc2o1)C(=N)N.O. The fraction of sp³-hybridized carbons (Fsp3) is 0.516. The van der Waals surface area contributed by atoms with Gasteiger partial charge in [0.1, 0.15) is 17.1 Å². The zero-order valence-electron chi connectivity index (χ0n) is 23.3. The van der Waals surface area contributed by atoms with Crippen LogP contribution >= 0.6 is 0 Å². The number of nitrogens with two attached hydrogens (primary N) is 1. The number of nitrogens with one attached hydrogen (secondary N) is 1. The average Bonchev–Trinajstić information content (AvgIpc) is 3.37. The molecule has 1 saturated heterocycles. The van der Waals surface area contributed by atoms with Crippen LogP contribution in [0.25, 0.3) is 11.0 Å². The lowest BCUT2D eigenvalue weighted by Gasteiger charge is -2.40. The normalized spacial score (nSPS) is 17.2. The first-order valence-corrected chi connectivity index (χ1v) is 14.3. The number of piperazine rings is 1. The maximum atomic E-state index is 8.27. The third kappa shape index (κ3) is 7.32. The molecule has 2 heterocycles. The van der Waals surface area contributed by atoms with Crippen LogP contribution in [-0.4, -0.2) is 67.1 Å². The Bertz CT molecular complexity index is 1160. The van der Waals surface area contributed by atoms with Gasteiger partial charge in [0, 0.05) is 37.6 Å². The molecular formula is C31H45N5O3. The van der Waals surface area contributed by atoms with Gasteiger partial charge < -0.3 is 30.2 Å². The van der Waals surface area contributed by atoms with Crippen molar-refractivity contribution in [3.63, 3.8) is 0 Å². The summed E-state index contributed by atoms with van der Waals surface area (Å²) in [5, 5.41) is 9.32. The third-order valence-corrected chi connectivity index (χ3v) is 8.30. The lowest BCUT2D eigenvalue weighted by molar-refractivity contribution is 0.0782. The summed E-state index contributed by atoms with van der Waals surface area (Å²) in [7, 11) is 1.66. The highest BCUT2D eigenvalue weighted by Crippen LogP contribution is 2.32. The van der Waals surface area contributed by atoms with E-state index in [2.05, 4.69) is 21.9 Å². The van der Waals surface area contributed by atoms with E-state index in [0.29, 0.717) is 12.3 Å². The van der Waals surface area contributed by atoms with Crippen LogP contribution < -0.4 is 15.4 Å². The fourth-order valence-corrected chi connectivity index (χ4v) is 6.14. The Hall–Kier alpha value is -3.07. The first kappa shape index (κ1) is 28.9. The van der Waals surface area contributed by atoms with E-state index in [1.807, 2.05) is 36.4 Å². The van der Waals surface area contributed by atoms with Crippen LogP contribution in [-0.2, 0) is 13.0 Å². The van der Waals surface area contributed by atoms with Crippen molar-refractivity contribution in [3.8, 4) is 5.75 Å². The highest BCUT2D eigenvalue weighted by Gasteiger charge is 2.25. The van der Waals surface area contributed by atoms with Crippen molar-refractivity contribution >= 4 is 22.6 Å². The Labute approximate surface area is 232 Å². The quantitative estimate of drug-likeness (QED) is 0.219. The van der Waals surface area contributed by atoms with Gasteiger partial charge in [-0.25, -0.2) is 0 Å². The molecule has 0 spiro atoms. The van der Waals surface area contributed by atoms with Gasteiger partial charge in [-0.05, 0) is 68.5 Å². The molecule has 1 aliphatic carbocycles. The minimum Gasteiger partial charge on any atom is -0.495 e. The molecule has 1 saturated carbocycles. The zero-order chi connectivity index (χ0) is 26.3. The first-order chi connectivity index (χ1) is 18.6. The lowest BCUT2D eigenvalue weighted by Crippen LogP contribution is -2.50. The van der Waals surface area contributed by atoms with Gasteiger partial charge in [-0.3, -0.25) is 10.3 Å². The molecule has 2 fully saturated rings. The zero-order valence-corrected chi connectivity index (χ0v) is 23.3. The molecule has 0 radical (unpaired) electrons. The van der Waals surface area contributed by atoms with E-state index in [1.54, 1.807) is 12.0 Å². The van der Waals surface area contributed by atoms with Gasteiger partial charge in [-0.2, -0.15) is 0 Å². The predicted octanol–water partition coefficient (Wildman–Crippen LogP) is 4.79. The second kappa shape index (κ2) is 13.8. The van der Waals surface area contributed by atoms with E-state index in [9.17, 15) is 0 Å². The summed E-state index contributed by atoms with van der Waals surface area (Å²) in [5.74, 6) is 1.43. The van der Waals surface area contributed by atoms with Gasteiger partial charge in [0.05, 0.1) is 19.3 Å². The van der Waals surface area contributed by atoms with E-state index >= 15 is 0 Å². The summed E-state index contributed by atoms with van der Waals surface area (Å²) in [4.78, 5) is 7.15. The van der Waals surface area contributed by atoms with Gasteiger partial charge in [0.15, 0.2) is 5.96 Å². The van der Waals surface area contributed by atoms with Gasteiger partial charge in [0.25, 0.3) is 0 Å². The molecule has 39 heavy (non-hydrogen) atoms. The van der Waals surface area contributed by atoms with Crippen LogP contribution in [0.4, 0.5) is 5.69 Å². The summed E-state index contributed by atoms with van der Waals surface area (Å²) in [5.41, 5.74) is 8.92. The lowest BCUT2D eigenvalue weighted by atomic mass is 9.94. The van der Waals surface area contributed by atoms with E-state index in [4.69, 9.17) is 20.3 Å². The topological polar surface area (TPSA) is 113 Å². The Morgan fingerprint density at radius 2 is 1.79 bits per heavy atom. The Balaban J connectivity index is 0.00000353. The summed E-state index contributed by atoms with van der Waals surface area (Å²) in [6.07, 6.45) is 10.4. The van der Waals surface area contributed by atoms with Crippen LogP contribution in [0.15, 0.2) is 52.9 Å². The number of fused-ring (bicyclic) bond motifs is 1. The Kier molecular flexibility index (Phi) is 10.3. The van der Waals surface area contributed by atoms with Gasteiger partial charge in [-0.15, -0.1) is 0 Å². The van der Waals surface area contributed by atoms with E-state index in [1.165, 1.54) is 76.8 Å². The fourth-order valence-electron chi connectivity index (χ4n) is 6.14. The molecule has 212 valence electrons. The van der Waals surface area contributed by atoms with Crippen molar-refractivity contribution in [2.45, 2.75) is 64.0 Å². The number of rotatable bonds is 10. The maximum Gasteiger partial charge on any atom is 0.193 e. The van der Waals surface area contributed by atoms with Crippen molar-refractivity contribution in [2.75, 3.05) is 44.7 Å². The highest BCUT2D eigenvalue weighted by molar-refractivity contribution is 5.94. The van der Waals surface area contributed by atoms with Gasteiger partial charge in [0.2, 0.25) is 0 Å². The van der Waals surface area contributed by atoms with Crippen molar-refractivity contribution in [2.24, 2.45) is 5.73 Å². The van der Waals surface area contributed by atoms with Crippen molar-refractivity contribution in [1.82, 2.24) is 9.80 Å². The van der Waals surface area contributed by atoms with E-state index < -0.39 is 0 Å². The molecule has 8 nitrogen and oxygen atoms in total. The van der Waals surface area contributed by atoms with Crippen LogP contribution in [0.2, 0.25) is 0 Å². The van der Waals surface area contributed by atoms with Gasteiger partial charge >= 0.3 is 0 Å². The molecule has 1 aromatic heterocycles. The molecule has 2 aromatic carbocycles. The number of guanidine groups is 1. The number of hydrogen-bond acceptors (Lipinski definition) is 5. The molecule has 1 aliphatic heterocycles. The molecule has 0 unspecified atom stereocenters. The molecule has 8 heteroatoms. The largest absolute Gasteiger partial charge is 0.495 e. The second-order valence-electron chi connectivity index (χ2n) is 10.9. The number of unbranched alkanes of at least 4 members (excludes halogenated alkanes) is 1. The summed E-state index contributed by atoms with van der Waals surface area (Å²) < 4.78 is 11.7. The van der Waals surface area contributed by atoms with E-state index in [-0.39, 0.29) is 11.4 Å². The highest BCUT2D eigenvalue weighted by atomic mass is 16.5. The molecular weight excluding hydrogens is 490 g/mol. The Morgan fingerprint density at radius 3 is 2.51 bits per heavy atom. The number of aryl methyl sites for hydroxylation is 1. The van der Waals surface area contributed by atoms with Gasteiger partial charge in [-0.1, -0.05) is 43.5 Å². The molecule has 5 rings (SSSR count). The molecule has 2 aliphatic rings. The number of furan rings is 1. The number of para-hydroxylation sites is 1. The van der Waals surface area contributed by atoms with Crippen molar-refractivity contribution < 1.29 is 14.6 Å². The maximum absolute atomic E-state index is 8.27. The minimum absolute atomic E-state index is 0. The van der Waals surface area contributed by atoms with Crippen LogP contribution in [0.5, 0.6) is 5.75 Å². The van der Waals surface area contributed by atoms with Crippen molar-refractivity contribution in [3.05, 3.63) is 59.9 Å². The van der Waals surface area contributed by atoms with Crippen LogP contribution in [0.1, 0.15) is 56.3 Å². The predicted molar refractivity (Wildman–Crippen MR) is 159 cm³/mol. The van der Waals surface area contributed by atoms with Crippen LogP contribution in [0.3, 0.4) is 0 Å². The third-order valence-electron chi connectivity index (χ3n) is 8.30. The number of methoxy groups -OCH3 is 1. The standard InChI is InChI=1S/C31H43N5O2.H2O/c1-37-30-15-14-24(9-7-8-16-34-17-19-35(20-18-34)26-11-3-2-4-12-26)21-28(30)36(31(32)33)23-27-22-25-10-5-6-13-29(25)38-27;/h5-6,10,13-15,21-22,26H,2-4,7-9,11-12,16-20,23H2,1H3,(H3,32,33);1H2. The molecule has 0 bridgehead atoms. The summed E-state index contributed by atoms with van der Waals surface area (Å²) in [6.45, 7) is 6.43. The minimum atomic E-state index is -0.0340.